The lowest BCUT2D eigenvalue weighted by Gasteiger charge is -2.06. The second kappa shape index (κ2) is 4.57. The van der Waals surface area contributed by atoms with Gasteiger partial charge in [-0.05, 0) is 23.8 Å². The van der Waals surface area contributed by atoms with Gasteiger partial charge >= 0.3 is 0 Å². The molecule has 0 saturated carbocycles. The van der Waals surface area contributed by atoms with E-state index in [4.69, 9.17) is 5.73 Å². The first kappa shape index (κ1) is 11.5. The molecule has 0 unspecified atom stereocenters. The van der Waals surface area contributed by atoms with Crippen LogP contribution in [0.1, 0.15) is 5.56 Å². The number of hydrogen-bond acceptors (Lipinski definition) is 3. The molecule has 2 aromatic carbocycles. The number of fused-ring (bicyclic) bond motifs is 1. The fraction of sp³-hybridized carbons (Fsp3) is 0.0667. The number of nitrogens with two attached hydrogens (primary N) is 1. The molecule has 0 spiro atoms. The van der Waals surface area contributed by atoms with Crippen LogP contribution in [0.5, 0.6) is 0 Å². The van der Waals surface area contributed by atoms with Gasteiger partial charge in [-0.15, -0.1) is 0 Å². The first-order valence-electron chi connectivity index (χ1n) is 6.03. The van der Waals surface area contributed by atoms with E-state index >= 15 is 0 Å². The highest BCUT2D eigenvalue weighted by molar-refractivity contribution is 5.80. The Hall–Kier alpha value is -2.62. The molecular weight excluding hydrogens is 238 g/mol. The molecule has 94 valence electrons. The van der Waals surface area contributed by atoms with Crippen LogP contribution in [0.25, 0.3) is 10.8 Å². The maximum Gasteiger partial charge on any atom is 0.274 e. The second-order valence-electron chi connectivity index (χ2n) is 4.44. The van der Waals surface area contributed by atoms with E-state index in [2.05, 4.69) is 5.10 Å². The zero-order valence-corrected chi connectivity index (χ0v) is 10.3. The van der Waals surface area contributed by atoms with Gasteiger partial charge in [0.1, 0.15) is 0 Å². The third-order valence-electron chi connectivity index (χ3n) is 3.05. The second-order valence-corrected chi connectivity index (χ2v) is 4.44. The smallest absolute Gasteiger partial charge is 0.274 e. The van der Waals surface area contributed by atoms with E-state index in [-0.39, 0.29) is 5.56 Å². The number of nitrogen functional groups attached to an aromatic ring is 1. The van der Waals surface area contributed by atoms with Crippen LogP contribution in [-0.2, 0) is 6.54 Å². The Bertz CT molecular complexity index is 792. The molecule has 0 atom stereocenters. The van der Waals surface area contributed by atoms with Crippen LogP contribution in [0.2, 0.25) is 0 Å². The molecule has 19 heavy (non-hydrogen) atoms. The first-order chi connectivity index (χ1) is 9.24. The van der Waals surface area contributed by atoms with E-state index in [1.165, 1.54) is 4.68 Å². The number of rotatable bonds is 2. The molecule has 1 heterocycles. The summed E-state index contributed by atoms with van der Waals surface area (Å²) in [5.41, 5.74) is 7.30. The lowest BCUT2D eigenvalue weighted by molar-refractivity contribution is 0.647. The molecule has 0 aliphatic heterocycles. The monoisotopic (exact) mass is 251 g/mol. The Kier molecular flexibility index (Phi) is 2.76. The zero-order valence-electron chi connectivity index (χ0n) is 10.3. The Labute approximate surface area is 110 Å². The van der Waals surface area contributed by atoms with Crippen molar-refractivity contribution in [3.05, 3.63) is 70.6 Å². The van der Waals surface area contributed by atoms with Gasteiger partial charge in [-0.25, -0.2) is 4.68 Å². The quantitative estimate of drug-likeness (QED) is 0.709. The number of anilines is 1. The van der Waals surface area contributed by atoms with Gasteiger partial charge in [0, 0.05) is 11.1 Å². The van der Waals surface area contributed by atoms with Crippen LogP contribution in [0.15, 0.2) is 59.5 Å². The van der Waals surface area contributed by atoms with Crippen molar-refractivity contribution in [3.63, 3.8) is 0 Å². The van der Waals surface area contributed by atoms with Crippen molar-refractivity contribution in [2.75, 3.05) is 5.73 Å². The maximum atomic E-state index is 12.3. The van der Waals surface area contributed by atoms with Gasteiger partial charge < -0.3 is 5.73 Å². The van der Waals surface area contributed by atoms with Gasteiger partial charge in [0.15, 0.2) is 0 Å². The van der Waals surface area contributed by atoms with Gasteiger partial charge in [0.25, 0.3) is 5.56 Å². The highest BCUT2D eigenvalue weighted by atomic mass is 16.1. The topological polar surface area (TPSA) is 60.9 Å². The highest BCUT2D eigenvalue weighted by Crippen LogP contribution is 2.09. The average molecular weight is 251 g/mol. The molecule has 0 fully saturated rings. The lowest BCUT2D eigenvalue weighted by atomic mass is 10.2. The van der Waals surface area contributed by atoms with E-state index in [9.17, 15) is 4.79 Å². The summed E-state index contributed by atoms with van der Waals surface area (Å²) in [4.78, 5) is 12.3. The minimum absolute atomic E-state index is 0.0828. The predicted molar refractivity (Wildman–Crippen MR) is 76.0 cm³/mol. The number of aromatic nitrogens is 2. The predicted octanol–water partition coefficient (Wildman–Crippen LogP) is 2.03. The summed E-state index contributed by atoms with van der Waals surface area (Å²) >= 11 is 0. The average Bonchev–Trinajstić information content (AvgIpc) is 2.42. The Morgan fingerprint density at radius 1 is 1.11 bits per heavy atom. The van der Waals surface area contributed by atoms with Gasteiger partial charge in [-0.2, -0.15) is 5.10 Å². The maximum absolute atomic E-state index is 12.3. The highest BCUT2D eigenvalue weighted by Gasteiger charge is 2.04. The molecule has 0 saturated heterocycles. The van der Waals surface area contributed by atoms with E-state index in [1.807, 2.05) is 48.5 Å². The van der Waals surface area contributed by atoms with Crippen molar-refractivity contribution in [1.29, 1.82) is 0 Å². The fourth-order valence-electron chi connectivity index (χ4n) is 2.10. The summed E-state index contributed by atoms with van der Waals surface area (Å²) in [6, 6.07) is 14.9. The summed E-state index contributed by atoms with van der Waals surface area (Å²) in [5.74, 6) is 0. The fourth-order valence-corrected chi connectivity index (χ4v) is 2.10. The molecule has 3 rings (SSSR count). The number of benzene rings is 2. The van der Waals surface area contributed by atoms with Crippen LogP contribution in [0, 0.1) is 0 Å². The van der Waals surface area contributed by atoms with Crippen LogP contribution in [0.4, 0.5) is 5.69 Å². The van der Waals surface area contributed by atoms with Crippen molar-refractivity contribution >= 4 is 16.5 Å². The van der Waals surface area contributed by atoms with E-state index in [0.717, 1.165) is 10.9 Å². The molecule has 0 bridgehead atoms. The van der Waals surface area contributed by atoms with E-state index in [0.29, 0.717) is 17.6 Å². The Morgan fingerprint density at radius 2 is 1.95 bits per heavy atom. The molecule has 0 amide bonds. The molecular formula is C15H13N3O. The molecule has 4 nitrogen and oxygen atoms in total. The molecule has 2 N–H and O–H groups in total. The van der Waals surface area contributed by atoms with Gasteiger partial charge in [-0.3, -0.25) is 4.79 Å². The molecule has 3 aromatic rings. The molecule has 0 aliphatic carbocycles. The molecule has 0 aliphatic rings. The van der Waals surface area contributed by atoms with Crippen LogP contribution in [0.3, 0.4) is 0 Å². The lowest BCUT2D eigenvalue weighted by Crippen LogP contribution is -2.23. The molecule has 0 radical (unpaired) electrons. The van der Waals surface area contributed by atoms with Gasteiger partial charge in [-0.1, -0.05) is 30.3 Å². The minimum Gasteiger partial charge on any atom is -0.399 e. The summed E-state index contributed by atoms with van der Waals surface area (Å²) in [6.45, 7) is 0.425. The van der Waals surface area contributed by atoms with Crippen molar-refractivity contribution in [2.45, 2.75) is 6.54 Å². The summed E-state index contributed by atoms with van der Waals surface area (Å²) < 4.78 is 1.46. The molecule has 4 heteroatoms. The number of hydrogen-bond donors (Lipinski definition) is 1. The first-order valence-corrected chi connectivity index (χ1v) is 6.03. The standard InChI is InChI=1S/C15H13N3O/c16-13-6-3-4-11(8-13)10-18-15(19)14-7-2-1-5-12(14)9-17-18/h1-9H,10,16H2. The number of nitrogens with zero attached hydrogens (tertiary/aromatic N) is 2. The van der Waals surface area contributed by atoms with Crippen molar-refractivity contribution in [1.82, 2.24) is 9.78 Å². The normalized spacial score (nSPS) is 10.7. The third kappa shape index (κ3) is 2.20. The van der Waals surface area contributed by atoms with Gasteiger partial charge in [0.05, 0.1) is 18.1 Å². The minimum atomic E-state index is -0.0828. The van der Waals surface area contributed by atoms with Gasteiger partial charge in [0.2, 0.25) is 0 Å². The van der Waals surface area contributed by atoms with Crippen molar-refractivity contribution < 1.29 is 0 Å². The summed E-state index contributed by atoms with van der Waals surface area (Å²) in [5, 5.41) is 5.73. The summed E-state index contributed by atoms with van der Waals surface area (Å²) in [6.07, 6.45) is 1.71. The van der Waals surface area contributed by atoms with E-state index in [1.54, 1.807) is 6.20 Å². The zero-order chi connectivity index (χ0) is 13.2. The molecule has 1 aromatic heterocycles. The van der Waals surface area contributed by atoms with E-state index < -0.39 is 0 Å². The van der Waals surface area contributed by atoms with Crippen LogP contribution < -0.4 is 11.3 Å². The Balaban J connectivity index is 2.06. The summed E-state index contributed by atoms with van der Waals surface area (Å²) in [7, 11) is 0. The van der Waals surface area contributed by atoms with Crippen molar-refractivity contribution in [3.8, 4) is 0 Å². The van der Waals surface area contributed by atoms with Crippen molar-refractivity contribution in [2.24, 2.45) is 0 Å². The SMILES string of the molecule is Nc1cccc(Cn2ncc3ccccc3c2=O)c1. The largest absolute Gasteiger partial charge is 0.399 e. The third-order valence-corrected chi connectivity index (χ3v) is 3.05. The Morgan fingerprint density at radius 3 is 2.79 bits per heavy atom. The van der Waals surface area contributed by atoms with Crippen LogP contribution in [-0.4, -0.2) is 9.78 Å². The van der Waals surface area contributed by atoms with Crippen LogP contribution >= 0.6 is 0 Å².